The van der Waals surface area contributed by atoms with Crippen LogP contribution in [0.4, 0.5) is 10.1 Å². The highest BCUT2D eigenvalue weighted by molar-refractivity contribution is 7.98. The predicted octanol–water partition coefficient (Wildman–Crippen LogP) is 5.05. The molecule has 1 aliphatic rings. The second-order valence-electron chi connectivity index (χ2n) is 8.24. The third-order valence-corrected chi connectivity index (χ3v) is 8.59. The number of thioether (sulfide) groups is 1. The van der Waals surface area contributed by atoms with Gasteiger partial charge in [-0.05, 0) is 62.4 Å². The van der Waals surface area contributed by atoms with E-state index < -0.39 is 21.8 Å². The van der Waals surface area contributed by atoms with Gasteiger partial charge in [-0.2, -0.15) is 4.31 Å². The maximum atomic E-state index is 14.0. The molecule has 0 saturated carbocycles. The smallest absolute Gasteiger partial charge is 0.248 e. The van der Waals surface area contributed by atoms with Crippen LogP contribution in [0.3, 0.4) is 0 Å². The van der Waals surface area contributed by atoms with Crippen LogP contribution in [0.15, 0.2) is 62.8 Å². The van der Waals surface area contributed by atoms with Gasteiger partial charge in [-0.3, -0.25) is 4.79 Å². The van der Waals surface area contributed by atoms with E-state index in [0.717, 1.165) is 4.90 Å². The van der Waals surface area contributed by atoms with Gasteiger partial charge in [-0.1, -0.05) is 29.4 Å². The lowest BCUT2D eigenvalue weighted by Gasteiger charge is -2.31. The van der Waals surface area contributed by atoms with Crippen molar-refractivity contribution in [3.63, 3.8) is 0 Å². The minimum absolute atomic E-state index is 0.0196. The Labute approximate surface area is 208 Å². The first kappa shape index (κ1) is 25.2. The number of nitrogens with one attached hydrogen (secondary N) is 1. The van der Waals surface area contributed by atoms with Crippen LogP contribution in [0, 0.1) is 18.7 Å². The number of carbonyl (C=O) groups excluding carboxylic acids is 1. The van der Waals surface area contributed by atoms with Gasteiger partial charge in [0.1, 0.15) is 11.5 Å². The Morgan fingerprint density at radius 3 is 2.80 bits per heavy atom. The van der Waals surface area contributed by atoms with E-state index >= 15 is 0 Å². The van der Waals surface area contributed by atoms with E-state index in [0.29, 0.717) is 24.1 Å². The molecule has 1 unspecified atom stereocenters. The molecule has 184 valence electrons. The van der Waals surface area contributed by atoms with Crippen LogP contribution in [-0.2, 0) is 14.8 Å². The van der Waals surface area contributed by atoms with Crippen molar-refractivity contribution in [2.75, 3.05) is 24.7 Å². The van der Waals surface area contributed by atoms with Gasteiger partial charge >= 0.3 is 0 Å². The standard InChI is InChI=1S/C25H26FN3O4S2/c1-17-24(23(33-28-17)13-12-18-7-3-4-11-22(18)26)35(31,32)29-14-6-8-19(16-29)25(30)27-20-9-5-10-21(15-20)34-2/h3-5,7,9-13,15,19H,6,8,14,16H2,1-2H3,(H,27,30)/b13-12+. The average molecular weight is 516 g/mol. The Bertz CT molecular complexity index is 1350. The third kappa shape index (κ3) is 5.66. The van der Waals surface area contributed by atoms with Crippen molar-refractivity contribution in [1.29, 1.82) is 0 Å². The number of aryl methyl sites for hydroxylation is 1. The van der Waals surface area contributed by atoms with Gasteiger partial charge in [0.05, 0.1) is 5.92 Å². The van der Waals surface area contributed by atoms with Crippen molar-refractivity contribution in [2.24, 2.45) is 5.92 Å². The maximum absolute atomic E-state index is 14.0. The molecule has 10 heteroatoms. The number of amides is 1. The van der Waals surface area contributed by atoms with E-state index in [1.165, 1.54) is 22.5 Å². The van der Waals surface area contributed by atoms with Crippen molar-refractivity contribution < 1.29 is 22.1 Å². The number of halogens is 1. The summed E-state index contributed by atoms with van der Waals surface area (Å²) in [6, 6.07) is 13.7. The molecule has 1 N–H and O–H groups in total. The molecule has 7 nitrogen and oxygen atoms in total. The third-order valence-electron chi connectivity index (χ3n) is 5.84. The lowest BCUT2D eigenvalue weighted by molar-refractivity contribution is -0.120. The highest BCUT2D eigenvalue weighted by Crippen LogP contribution is 2.30. The second-order valence-corrected chi connectivity index (χ2v) is 11.0. The molecule has 2 heterocycles. The molecule has 0 radical (unpaired) electrons. The summed E-state index contributed by atoms with van der Waals surface area (Å²) in [5.41, 5.74) is 1.18. The first-order valence-corrected chi connectivity index (χ1v) is 13.8. The summed E-state index contributed by atoms with van der Waals surface area (Å²) in [7, 11) is -4.00. The molecule has 2 aromatic carbocycles. The van der Waals surface area contributed by atoms with Crippen LogP contribution >= 0.6 is 11.8 Å². The number of rotatable bonds is 7. The van der Waals surface area contributed by atoms with Crippen LogP contribution in [0.2, 0.25) is 0 Å². The van der Waals surface area contributed by atoms with Gasteiger partial charge in [0.25, 0.3) is 0 Å². The number of hydrogen-bond donors (Lipinski definition) is 1. The summed E-state index contributed by atoms with van der Waals surface area (Å²) in [5, 5.41) is 6.74. The number of hydrogen-bond acceptors (Lipinski definition) is 6. The van der Waals surface area contributed by atoms with Crippen molar-refractivity contribution in [1.82, 2.24) is 9.46 Å². The quantitative estimate of drug-likeness (QED) is 0.443. The summed E-state index contributed by atoms with van der Waals surface area (Å²) in [6.07, 6.45) is 5.94. The maximum Gasteiger partial charge on any atom is 0.248 e. The van der Waals surface area contributed by atoms with E-state index in [9.17, 15) is 17.6 Å². The Morgan fingerprint density at radius 2 is 2.03 bits per heavy atom. The van der Waals surface area contributed by atoms with Crippen molar-refractivity contribution >= 4 is 45.5 Å². The summed E-state index contributed by atoms with van der Waals surface area (Å²) in [4.78, 5) is 13.9. The lowest BCUT2D eigenvalue weighted by Crippen LogP contribution is -2.43. The van der Waals surface area contributed by atoms with E-state index in [1.54, 1.807) is 36.9 Å². The number of aromatic nitrogens is 1. The number of benzene rings is 2. The van der Waals surface area contributed by atoms with Gasteiger partial charge in [0.2, 0.25) is 15.9 Å². The molecular formula is C25H26FN3O4S2. The Balaban J connectivity index is 1.53. The molecular weight excluding hydrogens is 489 g/mol. The van der Waals surface area contributed by atoms with Gasteiger partial charge in [-0.25, -0.2) is 12.8 Å². The topological polar surface area (TPSA) is 92.5 Å². The normalized spacial score (nSPS) is 17.1. The fourth-order valence-electron chi connectivity index (χ4n) is 4.02. The van der Waals surface area contributed by atoms with E-state index in [1.807, 2.05) is 30.5 Å². The van der Waals surface area contributed by atoms with Crippen LogP contribution in [0.1, 0.15) is 29.9 Å². The summed E-state index contributed by atoms with van der Waals surface area (Å²) in [6.45, 7) is 1.89. The highest BCUT2D eigenvalue weighted by atomic mass is 32.2. The highest BCUT2D eigenvalue weighted by Gasteiger charge is 2.37. The molecule has 1 amide bonds. The molecule has 35 heavy (non-hydrogen) atoms. The first-order chi connectivity index (χ1) is 16.8. The van der Waals surface area contributed by atoms with Crippen molar-refractivity contribution in [2.45, 2.75) is 29.6 Å². The molecule has 1 atom stereocenters. The van der Waals surface area contributed by atoms with Crippen molar-refractivity contribution in [3.8, 4) is 0 Å². The number of sulfonamides is 1. The van der Waals surface area contributed by atoms with Crippen molar-refractivity contribution in [3.05, 3.63) is 71.4 Å². The summed E-state index contributed by atoms with van der Waals surface area (Å²) < 4.78 is 47.7. The Hall–Kier alpha value is -2.95. The van der Waals surface area contributed by atoms with Crippen LogP contribution in [0.5, 0.6) is 0 Å². The minimum atomic E-state index is -4.00. The summed E-state index contributed by atoms with van der Waals surface area (Å²) in [5.74, 6) is -1.12. The zero-order chi connectivity index (χ0) is 25.0. The van der Waals surface area contributed by atoms with E-state index in [2.05, 4.69) is 10.5 Å². The fraction of sp³-hybridized carbons (Fsp3) is 0.280. The van der Waals surface area contributed by atoms with Gasteiger partial charge in [0.15, 0.2) is 10.7 Å². The van der Waals surface area contributed by atoms with E-state index in [-0.39, 0.29) is 35.3 Å². The first-order valence-electron chi connectivity index (χ1n) is 11.1. The van der Waals surface area contributed by atoms with Crippen LogP contribution in [0.25, 0.3) is 12.2 Å². The molecule has 3 aromatic rings. The van der Waals surface area contributed by atoms with E-state index in [4.69, 9.17) is 4.52 Å². The number of anilines is 1. The molecule has 0 spiro atoms. The zero-order valence-corrected chi connectivity index (χ0v) is 21.0. The molecule has 1 saturated heterocycles. The Kier molecular flexibility index (Phi) is 7.73. The van der Waals surface area contributed by atoms with Crippen LogP contribution < -0.4 is 5.32 Å². The van der Waals surface area contributed by atoms with Gasteiger partial charge < -0.3 is 9.84 Å². The Morgan fingerprint density at radius 1 is 1.23 bits per heavy atom. The number of piperidine rings is 1. The number of carbonyl (C=O) groups is 1. The monoisotopic (exact) mass is 515 g/mol. The predicted molar refractivity (Wildman–Crippen MR) is 135 cm³/mol. The lowest BCUT2D eigenvalue weighted by atomic mass is 9.99. The fourth-order valence-corrected chi connectivity index (χ4v) is 6.26. The summed E-state index contributed by atoms with van der Waals surface area (Å²) >= 11 is 1.57. The van der Waals surface area contributed by atoms with Crippen LogP contribution in [-0.4, -0.2) is 43.1 Å². The minimum Gasteiger partial charge on any atom is -0.355 e. The molecule has 4 rings (SSSR count). The largest absolute Gasteiger partial charge is 0.355 e. The molecule has 0 aliphatic carbocycles. The number of nitrogens with zero attached hydrogens (tertiary/aromatic N) is 2. The molecule has 1 aliphatic heterocycles. The molecule has 1 aromatic heterocycles. The second kappa shape index (κ2) is 10.8. The average Bonchev–Trinajstić information content (AvgIpc) is 3.24. The molecule has 0 bridgehead atoms. The van der Waals surface area contributed by atoms with Gasteiger partial charge in [0, 0.05) is 29.2 Å². The van der Waals surface area contributed by atoms with Gasteiger partial charge in [-0.15, -0.1) is 11.8 Å². The SMILES string of the molecule is CSc1cccc(NC(=O)C2CCCN(S(=O)(=O)c3c(C)noc3/C=C/c3ccccc3F)C2)c1. The zero-order valence-electron chi connectivity index (χ0n) is 19.4. The molecule has 1 fully saturated rings.